The molecule has 0 fully saturated rings. The van der Waals surface area contributed by atoms with E-state index < -0.39 is 0 Å². The highest BCUT2D eigenvalue weighted by Gasteiger charge is 2.19. The number of amides is 1. The van der Waals surface area contributed by atoms with Crippen molar-refractivity contribution in [1.82, 2.24) is 10.2 Å². The SMILES string of the molecule is CCCNC(CCN1CCc2ccccc2C1)C(N)=O. The Balaban J connectivity index is 1.84. The Kier molecular flexibility index (Phi) is 5.56. The molecular weight excluding hydrogens is 250 g/mol. The molecule has 1 heterocycles. The van der Waals surface area contributed by atoms with Crippen molar-refractivity contribution < 1.29 is 4.79 Å². The van der Waals surface area contributed by atoms with Crippen molar-refractivity contribution in [3.8, 4) is 0 Å². The van der Waals surface area contributed by atoms with E-state index in [4.69, 9.17) is 5.73 Å². The second kappa shape index (κ2) is 7.41. The molecule has 1 aliphatic rings. The summed E-state index contributed by atoms with van der Waals surface area (Å²) in [5.41, 5.74) is 8.32. The topological polar surface area (TPSA) is 58.4 Å². The molecule has 0 saturated heterocycles. The average molecular weight is 275 g/mol. The Labute approximate surface area is 121 Å². The fraction of sp³-hybridized carbons (Fsp3) is 0.562. The van der Waals surface area contributed by atoms with Crippen LogP contribution in [0.5, 0.6) is 0 Å². The van der Waals surface area contributed by atoms with Gasteiger partial charge in [0.1, 0.15) is 0 Å². The molecule has 3 N–H and O–H groups in total. The van der Waals surface area contributed by atoms with Crippen molar-refractivity contribution >= 4 is 5.91 Å². The van der Waals surface area contributed by atoms with Crippen molar-refractivity contribution in [2.75, 3.05) is 19.6 Å². The van der Waals surface area contributed by atoms with E-state index in [1.807, 2.05) is 0 Å². The number of hydrogen-bond donors (Lipinski definition) is 2. The van der Waals surface area contributed by atoms with E-state index in [1.165, 1.54) is 11.1 Å². The van der Waals surface area contributed by atoms with Gasteiger partial charge in [0.25, 0.3) is 0 Å². The molecule has 1 aromatic rings. The summed E-state index contributed by atoms with van der Waals surface area (Å²) < 4.78 is 0. The van der Waals surface area contributed by atoms with Crippen LogP contribution in [0.3, 0.4) is 0 Å². The summed E-state index contributed by atoms with van der Waals surface area (Å²) in [6, 6.07) is 8.40. The molecule has 1 aromatic carbocycles. The lowest BCUT2D eigenvalue weighted by molar-refractivity contribution is -0.120. The Hall–Kier alpha value is -1.39. The van der Waals surface area contributed by atoms with Crippen LogP contribution in [0.25, 0.3) is 0 Å². The van der Waals surface area contributed by atoms with E-state index in [1.54, 1.807) is 0 Å². The second-order valence-electron chi connectivity index (χ2n) is 5.49. The van der Waals surface area contributed by atoms with Gasteiger partial charge in [0.2, 0.25) is 5.91 Å². The number of hydrogen-bond acceptors (Lipinski definition) is 3. The van der Waals surface area contributed by atoms with E-state index in [2.05, 4.69) is 41.4 Å². The molecule has 4 nitrogen and oxygen atoms in total. The molecule has 0 bridgehead atoms. The normalized spacial score (nSPS) is 16.6. The van der Waals surface area contributed by atoms with E-state index in [-0.39, 0.29) is 11.9 Å². The summed E-state index contributed by atoms with van der Waals surface area (Å²) >= 11 is 0. The lowest BCUT2D eigenvalue weighted by Crippen LogP contribution is -2.44. The van der Waals surface area contributed by atoms with E-state index >= 15 is 0 Å². The van der Waals surface area contributed by atoms with Crippen LogP contribution < -0.4 is 11.1 Å². The molecule has 20 heavy (non-hydrogen) atoms. The van der Waals surface area contributed by atoms with Crippen molar-refractivity contribution in [1.29, 1.82) is 0 Å². The zero-order valence-corrected chi connectivity index (χ0v) is 12.3. The van der Waals surface area contributed by atoms with Crippen molar-refractivity contribution in [3.05, 3.63) is 35.4 Å². The summed E-state index contributed by atoms with van der Waals surface area (Å²) in [5.74, 6) is -0.240. The van der Waals surface area contributed by atoms with Gasteiger partial charge in [-0.2, -0.15) is 0 Å². The van der Waals surface area contributed by atoms with Gasteiger partial charge in [0, 0.05) is 19.6 Å². The van der Waals surface area contributed by atoms with Gasteiger partial charge in [-0.05, 0) is 36.9 Å². The third-order valence-electron chi connectivity index (χ3n) is 3.93. The van der Waals surface area contributed by atoms with Crippen LogP contribution in [0.2, 0.25) is 0 Å². The minimum atomic E-state index is -0.240. The minimum absolute atomic E-state index is 0.202. The van der Waals surface area contributed by atoms with Crippen molar-refractivity contribution in [3.63, 3.8) is 0 Å². The molecule has 110 valence electrons. The minimum Gasteiger partial charge on any atom is -0.368 e. The summed E-state index contributed by atoms with van der Waals surface area (Å²) in [6.07, 6.45) is 2.90. The van der Waals surface area contributed by atoms with Gasteiger partial charge in [-0.3, -0.25) is 9.69 Å². The molecule has 0 saturated carbocycles. The predicted octanol–water partition coefficient (Wildman–Crippen LogP) is 1.29. The van der Waals surface area contributed by atoms with Crippen LogP contribution in [-0.4, -0.2) is 36.5 Å². The summed E-state index contributed by atoms with van der Waals surface area (Å²) in [6.45, 7) is 5.90. The Morgan fingerprint density at radius 2 is 2.15 bits per heavy atom. The zero-order valence-electron chi connectivity index (χ0n) is 12.3. The van der Waals surface area contributed by atoms with Crippen LogP contribution >= 0.6 is 0 Å². The summed E-state index contributed by atoms with van der Waals surface area (Å²) in [7, 11) is 0. The number of benzene rings is 1. The number of nitrogens with zero attached hydrogens (tertiary/aromatic N) is 1. The fourth-order valence-electron chi connectivity index (χ4n) is 2.72. The van der Waals surface area contributed by atoms with Gasteiger partial charge in [-0.15, -0.1) is 0 Å². The van der Waals surface area contributed by atoms with E-state index in [0.29, 0.717) is 0 Å². The molecule has 4 heteroatoms. The number of nitrogens with one attached hydrogen (secondary N) is 1. The highest BCUT2D eigenvalue weighted by Crippen LogP contribution is 2.18. The van der Waals surface area contributed by atoms with Crippen LogP contribution in [0.4, 0.5) is 0 Å². The Bertz CT molecular complexity index is 447. The quantitative estimate of drug-likeness (QED) is 0.788. The van der Waals surface area contributed by atoms with Crippen molar-refractivity contribution in [2.45, 2.75) is 38.8 Å². The molecule has 1 unspecified atom stereocenters. The van der Waals surface area contributed by atoms with Gasteiger partial charge < -0.3 is 11.1 Å². The lowest BCUT2D eigenvalue weighted by Gasteiger charge is -2.29. The largest absolute Gasteiger partial charge is 0.368 e. The number of nitrogens with two attached hydrogens (primary N) is 1. The zero-order chi connectivity index (χ0) is 14.4. The molecule has 0 aliphatic carbocycles. The molecule has 1 atom stereocenters. The first kappa shape index (κ1) is 15.0. The molecule has 1 amide bonds. The third-order valence-corrected chi connectivity index (χ3v) is 3.93. The number of carbonyl (C=O) groups is 1. The maximum Gasteiger partial charge on any atom is 0.234 e. The van der Waals surface area contributed by atoms with Gasteiger partial charge in [-0.25, -0.2) is 0 Å². The number of carbonyl (C=O) groups excluding carboxylic acids is 1. The van der Waals surface area contributed by atoms with Gasteiger partial charge in [-0.1, -0.05) is 31.2 Å². The second-order valence-corrected chi connectivity index (χ2v) is 5.49. The molecule has 0 aromatic heterocycles. The maximum absolute atomic E-state index is 11.4. The molecule has 2 rings (SSSR count). The standard InChI is InChI=1S/C16H25N3O/c1-2-9-18-15(16(17)20)8-11-19-10-7-13-5-3-4-6-14(13)12-19/h3-6,15,18H,2,7-12H2,1H3,(H2,17,20). The van der Waals surface area contributed by atoms with Crippen LogP contribution in [0.15, 0.2) is 24.3 Å². The van der Waals surface area contributed by atoms with Gasteiger partial charge in [0.15, 0.2) is 0 Å². The predicted molar refractivity (Wildman–Crippen MR) is 81.3 cm³/mol. The van der Waals surface area contributed by atoms with Crippen molar-refractivity contribution in [2.24, 2.45) is 5.73 Å². The van der Waals surface area contributed by atoms with Gasteiger partial charge >= 0.3 is 0 Å². The van der Waals surface area contributed by atoms with Crippen LogP contribution in [-0.2, 0) is 17.8 Å². The monoisotopic (exact) mass is 275 g/mol. The molecule has 0 radical (unpaired) electrons. The van der Waals surface area contributed by atoms with E-state index in [0.717, 1.165) is 45.4 Å². The highest BCUT2D eigenvalue weighted by atomic mass is 16.1. The molecule has 0 spiro atoms. The van der Waals surface area contributed by atoms with Gasteiger partial charge in [0.05, 0.1) is 6.04 Å². The third kappa shape index (κ3) is 4.05. The number of fused-ring (bicyclic) bond motifs is 1. The highest BCUT2D eigenvalue weighted by molar-refractivity contribution is 5.79. The Morgan fingerprint density at radius 1 is 1.40 bits per heavy atom. The number of rotatable bonds is 7. The maximum atomic E-state index is 11.4. The number of primary amides is 1. The fourth-order valence-corrected chi connectivity index (χ4v) is 2.72. The molecular formula is C16H25N3O. The first-order valence-electron chi connectivity index (χ1n) is 7.52. The smallest absolute Gasteiger partial charge is 0.234 e. The summed E-state index contributed by atoms with van der Waals surface area (Å²) in [4.78, 5) is 13.8. The first-order valence-corrected chi connectivity index (χ1v) is 7.52. The van der Waals surface area contributed by atoms with Crippen LogP contribution in [0, 0.1) is 0 Å². The Morgan fingerprint density at radius 3 is 2.85 bits per heavy atom. The molecule has 1 aliphatic heterocycles. The lowest BCUT2D eigenvalue weighted by atomic mass is 9.99. The van der Waals surface area contributed by atoms with E-state index in [9.17, 15) is 4.79 Å². The first-order chi connectivity index (χ1) is 9.70. The summed E-state index contributed by atoms with van der Waals surface area (Å²) in [5, 5.41) is 3.23. The van der Waals surface area contributed by atoms with Crippen LogP contribution in [0.1, 0.15) is 30.9 Å². The average Bonchev–Trinajstić information content (AvgIpc) is 2.46.